The van der Waals surface area contributed by atoms with E-state index in [1.165, 1.54) is 4.31 Å². The van der Waals surface area contributed by atoms with E-state index in [2.05, 4.69) is 5.32 Å². The van der Waals surface area contributed by atoms with Crippen LogP contribution in [-0.4, -0.2) is 53.4 Å². The SMILES string of the molecule is CCOc1ccc(N(C(CC)C(=O)NCCN(C)c2ccccc2)S(C)(=O)=O)cc1. The molecule has 8 heteroatoms. The highest BCUT2D eigenvalue weighted by Gasteiger charge is 2.31. The number of carbonyl (C=O) groups is 1. The number of nitrogens with one attached hydrogen (secondary N) is 1. The van der Waals surface area contributed by atoms with Gasteiger partial charge in [0.15, 0.2) is 0 Å². The third-order valence-corrected chi connectivity index (χ3v) is 5.86. The number of amides is 1. The van der Waals surface area contributed by atoms with Gasteiger partial charge in [0.25, 0.3) is 0 Å². The summed E-state index contributed by atoms with van der Waals surface area (Å²) >= 11 is 0. The topological polar surface area (TPSA) is 79.0 Å². The number of anilines is 2. The zero-order valence-corrected chi connectivity index (χ0v) is 18.9. The van der Waals surface area contributed by atoms with Gasteiger partial charge in [0, 0.05) is 25.8 Å². The average Bonchev–Trinajstić information content (AvgIpc) is 2.72. The van der Waals surface area contributed by atoms with Crippen LogP contribution in [0.3, 0.4) is 0 Å². The number of nitrogens with zero attached hydrogens (tertiary/aromatic N) is 2. The van der Waals surface area contributed by atoms with Crippen LogP contribution >= 0.6 is 0 Å². The zero-order valence-electron chi connectivity index (χ0n) is 18.0. The number of hydrogen-bond donors (Lipinski definition) is 1. The van der Waals surface area contributed by atoms with Gasteiger partial charge in [0.2, 0.25) is 15.9 Å². The highest BCUT2D eigenvalue weighted by molar-refractivity contribution is 7.92. The van der Waals surface area contributed by atoms with Crippen molar-refractivity contribution in [1.29, 1.82) is 0 Å². The third-order valence-electron chi connectivity index (χ3n) is 4.68. The molecule has 1 atom stereocenters. The first-order valence-electron chi connectivity index (χ1n) is 10.0. The minimum Gasteiger partial charge on any atom is -0.494 e. The molecule has 0 bridgehead atoms. The van der Waals surface area contributed by atoms with E-state index in [4.69, 9.17) is 4.74 Å². The molecule has 0 aromatic heterocycles. The monoisotopic (exact) mass is 433 g/mol. The molecule has 0 aliphatic carbocycles. The average molecular weight is 434 g/mol. The van der Waals surface area contributed by atoms with Crippen molar-refractivity contribution in [3.8, 4) is 5.75 Å². The summed E-state index contributed by atoms with van der Waals surface area (Å²) in [5, 5.41) is 2.88. The van der Waals surface area contributed by atoms with Crippen molar-refractivity contribution in [3.63, 3.8) is 0 Å². The molecule has 30 heavy (non-hydrogen) atoms. The Kier molecular flexibility index (Phi) is 8.53. The largest absolute Gasteiger partial charge is 0.494 e. The number of likely N-dealkylation sites (N-methyl/N-ethyl adjacent to an activating group) is 1. The molecule has 164 valence electrons. The van der Waals surface area contributed by atoms with Gasteiger partial charge >= 0.3 is 0 Å². The highest BCUT2D eigenvalue weighted by Crippen LogP contribution is 2.25. The van der Waals surface area contributed by atoms with Gasteiger partial charge in [-0.2, -0.15) is 0 Å². The predicted octanol–water partition coefficient (Wildman–Crippen LogP) is 2.88. The number of sulfonamides is 1. The van der Waals surface area contributed by atoms with Crippen LogP contribution in [0.25, 0.3) is 0 Å². The van der Waals surface area contributed by atoms with Gasteiger partial charge in [-0.25, -0.2) is 8.42 Å². The Hall–Kier alpha value is -2.74. The fraction of sp³-hybridized carbons (Fsp3) is 0.409. The van der Waals surface area contributed by atoms with Crippen molar-refractivity contribution in [2.75, 3.05) is 42.2 Å². The lowest BCUT2D eigenvalue weighted by Crippen LogP contribution is -2.50. The standard InChI is InChI=1S/C22H31N3O4S/c1-5-21(22(26)23-16-17-24(3)18-10-8-7-9-11-18)25(30(4,27)28)19-12-14-20(15-13-19)29-6-2/h7-15,21H,5-6,16-17H2,1-4H3,(H,23,26). The molecule has 0 aliphatic heterocycles. The predicted molar refractivity (Wildman–Crippen MR) is 122 cm³/mol. The lowest BCUT2D eigenvalue weighted by Gasteiger charge is -2.30. The van der Waals surface area contributed by atoms with E-state index in [1.54, 1.807) is 31.2 Å². The second kappa shape index (κ2) is 10.9. The second-order valence-electron chi connectivity index (χ2n) is 6.96. The molecule has 0 spiro atoms. The van der Waals surface area contributed by atoms with E-state index in [0.29, 0.717) is 37.6 Å². The molecule has 2 aromatic rings. The normalized spacial score (nSPS) is 12.1. The van der Waals surface area contributed by atoms with Crippen molar-refractivity contribution in [2.24, 2.45) is 0 Å². The smallest absolute Gasteiger partial charge is 0.243 e. The molecule has 1 unspecified atom stereocenters. The number of benzene rings is 2. The molecule has 2 rings (SSSR count). The van der Waals surface area contributed by atoms with Gasteiger partial charge in [-0.3, -0.25) is 9.10 Å². The van der Waals surface area contributed by atoms with Crippen molar-refractivity contribution in [1.82, 2.24) is 5.32 Å². The number of rotatable bonds is 11. The molecular formula is C22H31N3O4S. The van der Waals surface area contributed by atoms with E-state index < -0.39 is 16.1 Å². The van der Waals surface area contributed by atoms with Gasteiger partial charge in [-0.1, -0.05) is 25.1 Å². The summed E-state index contributed by atoms with van der Waals surface area (Å²) in [4.78, 5) is 14.9. The molecule has 0 saturated heterocycles. The summed E-state index contributed by atoms with van der Waals surface area (Å²) < 4.78 is 31.6. The minimum atomic E-state index is -3.66. The van der Waals surface area contributed by atoms with Crippen LogP contribution in [0.2, 0.25) is 0 Å². The summed E-state index contributed by atoms with van der Waals surface area (Å²) in [6.07, 6.45) is 1.46. The second-order valence-corrected chi connectivity index (χ2v) is 8.82. The van der Waals surface area contributed by atoms with E-state index in [0.717, 1.165) is 11.9 Å². The van der Waals surface area contributed by atoms with Crippen LogP contribution in [0.1, 0.15) is 20.3 Å². The quantitative estimate of drug-likeness (QED) is 0.590. The lowest BCUT2D eigenvalue weighted by atomic mass is 10.2. The Morgan fingerprint density at radius 3 is 2.20 bits per heavy atom. The van der Waals surface area contributed by atoms with Crippen LogP contribution in [-0.2, 0) is 14.8 Å². The van der Waals surface area contributed by atoms with Crippen LogP contribution < -0.4 is 19.3 Å². The van der Waals surface area contributed by atoms with E-state index in [-0.39, 0.29) is 5.91 Å². The number of ether oxygens (including phenoxy) is 1. The van der Waals surface area contributed by atoms with Gasteiger partial charge in [-0.05, 0) is 49.7 Å². The first-order valence-corrected chi connectivity index (χ1v) is 11.9. The number of carbonyl (C=O) groups excluding carboxylic acids is 1. The first kappa shape index (κ1) is 23.5. The molecule has 2 aromatic carbocycles. The Morgan fingerprint density at radius 1 is 1.03 bits per heavy atom. The van der Waals surface area contributed by atoms with Crippen molar-refractivity contribution >= 4 is 27.3 Å². The summed E-state index contributed by atoms with van der Waals surface area (Å²) in [6.45, 7) is 5.21. The van der Waals surface area contributed by atoms with E-state index in [9.17, 15) is 13.2 Å². The van der Waals surface area contributed by atoms with Crippen LogP contribution in [0.4, 0.5) is 11.4 Å². The molecule has 0 aliphatic rings. The highest BCUT2D eigenvalue weighted by atomic mass is 32.2. The van der Waals surface area contributed by atoms with Crippen molar-refractivity contribution in [2.45, 2.75) is 26.3 Å². The molecule has 0 fully saturated rings. The molecule has 0 saturated carbocycles. The van der Waals surface area contributed by atoms with Gasteiger partial charge < -0.3 is 15.0 Å². The maximum Gasteiger partial charge on any atom is 0.243 e. The van der Waals surface area contributed by atoms with Crippen LogP contribution in [0.5, 0.6) is 5.75 Å². The molecular weight excluding hydrogens is 402 g/mol. The van der Waals surface area contributed by atoms with Crippen molar-refractivity contribution in [3.05, 3.63) is 54.6 Å². The molecule has 1 amide bonds. The van der Waals surface area contributed by atoms with Gasteiger partial charge in [-0.15, -0.1) is 0 Å². The molecule has 1 N–H and O–H groups in total. The summed E-state index contributed by atoms with van der Waals surface area (Å²) in [6, 6.07) is 15.7. The third kappa shape index (κ3) is 6.38. The van der Waals surface area contributed by atoms with Gasteiger partial charge in [0.05, 0.1) is 18.6 Å². The first-order chi connectivity index (χ1) is 14.3. The van der Waals surface area contributed by atoms with E-state index in [1.807, 2.05) is 49.2 Å². The van der Waals surface area contributed by atoms with Gasteiger partial charge in [0.1, 0.15) is 11.8 Å². The maximum absolute atomic E-state index is 12.9. The summed E-state index contributed by atoms with van der Waals surface area (Å²) in [5.41, 5.74) is 1.48. The number of hydrogen-bond acceptors (Lipinski definition) is 5. The fourth-order valence-electron chi connectivity index (χ4n) is 3.19. The zero-order chi connectivity index (χ0) is 22.1. The Morgan fingerprint density at radius 2 is 1.67 bits per heavy atom. The summed E-state index contributed by atoms with van der Waals surface area (Å²) in [7, 11) is -1.72. The maximum atomic E-state index is 12.9. The Balaban J connectivity index is 2.09. The Bertz CT molecular complexity index is 902. The lowest BCUT2D eigenvalue weighted by molar-refractivity contribution is -0.122. The molecule has 0 radical (unpaired) electrons. The van der Waals surface area contributed by atoms with Crippen molar-refractivity contribution < 1.29 is 17.9 Å². The number of para-hydroxylation sites is 1. The molecule has 7 nitrogen and oxygen atoms in total. The molecule has 0 heterocycles. The van der Waals surface area contributed by atoms with E-state index >= 15 is 0 Å². The minimum absolute atomic E-state index is 0.321. The fourth-order valence-corrected chi connectivity index (χ4v) is 4.40. The summed E-state index contributed by atoms with van der Waals surface area (Å²) in [5.74, 6) is 0.328. The van der Waals surface area contributed by atoms with Crippen LogP contribution in [0.15, 0.2) is 54.6 Å². The Labute approximate surface area is 179 Å². The van der Waals surface area contributed by atoms with Crippen LogP contribution in [0, 0.1) is 0 Å².